The number of likely N-dealkylation sites (N-methyl/N-ethyl adjacent to an activating group) is 1. The lowest BCUT2D eigenvalue weighted by Crippen LogP contribution is -2.44. The van der Waals surface area contributed by atoms with Gasteiger partial charge in [0.2, 0.25) is 0 Å². The van der Waals surface area contributed by atoms with Gasteiger partial charge >= 0.3 is 0 Å². The predicted octanol–water partition coefficient (Wildman–Crippen LogP) is 2.74. The van der Waals surface area contributed by atoms with Crippen LogP contribution in [0.2, 0.25) is 10.0 Å². The van der Waals surface area contributed by atoms with E-state index >= 15 is 0 Å². The maximum Gasteiger partial charge on any atom is 0.292 e. The summed E-state index contributed by atoms with van der Waals surface area (Å²) in [6.07, 6.45) is 3.54. The Balaban J connectivity index is 1.80. The second kappa shape index (κ2) is 8.61. The van der Waals surface area contributed by atoms with E-state index in [0.717, 1.165) is 31.5 Å². The molecule has 1 aliphatic heterocycles. The summed E-state index contributed by atoms with van der Waals surface area (Å²) in [5, 5.41) is 14.2. The Labute approximate surface area is 168 Å². The number of hydrogen-bond donors (Lipinski definition) is 1. The van der Waals surface area contributed by atoms with Gasteiger partial charge in [-0.15, -0.1) is 0 Å². The fourth-order valence-corrected chi connectivity index (χ4v) is 3.85. The number of aromatic nitrogens is 2. The van der Waals surface area contributed by atoms with Gasteiger partial charge in [0, 0.05) is 30.7 Å². The van der Waals surface area contributed by atoms with Crippen molar-refractivity contribution in [3.05, 3.63) is 50.4 Å². The van der Waals surface area contributed by atoms with Gasteiger partial charge in [-0.25, -0.2) is 0 Å². The number of piperidine rings is 1. The van der Waals surface area contributed by atoms with E-state index in [4.69, 9.17) is 28.3 Å². The van der Waals surface area contributed by atoms with Crippen molar-refractivity contribution in [3.8, 4) is 5.69 Å². The van der Waals surface area contributed by atoms with Gasteiger partial charge in [0.25, 0.3) is 5.56 Å². The number of benzene rings is 1. The van der Waals surface area contributed by atoms with Gasteiger partial charge in [0.15, 0.2) is 0 Å². The topological polar surface area (TPSA) is 61.6 Å². The van der Waals surface area contributed by atoms with Gasteiger partial charge in [-0.05, 0) is 44.5 Å². The number of halogens is 2. The molecule has 8 heteroatoms. The van der Waals surface area contributed by atoms with Crippen LogP contribution in [-0.4, -0.2) is 59.1 Å². The molecule has 1 aliphatic rings. The molecule has 27 heavy (non-hydrogen) atoms. The number of rotatable bonds is 5. The van der Waals surface area contributed by atoms with Crippen LogP contribution in [0.1, 0.15) is 18.4 Å². The van der Waals surface area contributed by atoms with E-state index in [2.05, 4.69) is 14.9 Å². The lowest BCUT2D eigenvalue weighted by atomic mass is 10.0. The minimum absolute atomic E-state index is 0.160. The maximum atomic E-state index is 12.7. The fraction of sp³-hybridized carbons (Fsp3) is 0.474. The maximum absolute atomic E-state index is 12.7. The van der Waals surface area contributed by atoms with Crippen molar-refractivity contribution in [2.24, 2.45) is 0 Å². The van der Waals surface area contributed by atoms with Gasteiger partial charge < -0.3 is 14.9 Å². The highest BCUT2D eigenvalue weighted by molar-refractivity contribution is 6.33. The summed E-state index contributed by atoms with van der Waals surface area (Å²) in [6, 6.07) is 5.79. The minimum Gasteiger partial charge on any atom is -0.395 e. The molecule has 1 fully saturated rings. The normalized spacial score (nSPS) is 15.6. The van der Waals surface area contributed by atoms with Crippen LogP contribution in [0.4, 0.5) is 5.69 Å². The molecular formula is C19H24Cl2N4O2. The molecule has 146 valence electrons. The first-order chi connectivity index (χ1) is 12.9. The van der Waals surface area contributed by atoms with E-state index in [-0.39, 0.29) is 17.2 Å². The number of nitrogens with zero attached hydrogens (tertiary/aromatic N) is 4. The van der Waals surface area contributed by atoms with Crippen molar-refractivity contribution in [2.45, 2.75) is 25.8 Å². The zero-order chi connectivity index (χ0) is 19.6. The van der Waals surface area contributed by atoms with E-state index in [1.807, 2.05) is 20.0 Å². The van der Waals surface area contributed by atoms with Crippen molar-refractivity contribution >= 4 is 28.9 Å². The number of anilines is 1. The molecule has 0 atom stereocenters. The Morgan fingerprint density at radius 2 is 2.00 bits per heavy atom. The standard InChI is InChI=1S/C19H24Cl2N4O2/c1-13-3-4-15(11-16(13)20)25-19(27)18(21)17(12-22-25)24-7-5-14(6-8-24)23(2)9-10-26/h3-4,11-12,14,26H,5-10H2,1-2H3. The molecule has 0 spiro atoms. The van der Waals surface area contributed by atoms with Gasteiger partial charge in [-0.1, -0.05) is 29.3 Å². The summed E-state index contributed by atoms with van der Waals surface area (Å²) in [7, 11) is 2.03. The summed E-state index contributed by atoms with van der Waals surface area (Å²) in [5.74, 6) is 0. The van der Waals surface area contributed by atoms with Gasteiger partial charge in [0.1, 0.15) is 5.02 Å². The summed E-state index contributed by atoms with van der Waals surface area (Å²) >= 11 is 12.6. The Hall–Kier alpha value is -1.60. The third-order valence-electron chi connectivity index (χ3n) is 5.18. The van der Waals surface area contributed by atoms with Crippen LogP contribution in [0, 0.1) is 6.92 Å². The smallest absolute Gasteiger partial charge is 0.292 e. The molecule has 0 amide bonds. The van der Waals surface area contributed by atoms with Gasteiger partial charge in [0.05, 0.1) is 24.2 Å². The summed E-state index contributed by atoms with van der Waals surface area (Å²) < 4.78 is 1.28. The highest BCUT2D eigenvalue weighted by Gasteiger charge is 2.25. The van der Waals surface area contributed by atoms with Crippen molar-refractivity contribution in [2.75, 3.05) is 38.2 Å². The summed E-state index contributed by atoms with van der Waals surface area (Å²) in [6.45, 7) is 4.32. The predicted molar refractivity (Wildman–Crippen MR) is 110 cm³/mol. The zero-order valence-corrected chi connectivity index (χ0v) is 17.0. The molecule has 3 rings (SSSR count). The number of aliphatic hydroxyl groups is 1. The number of hydrogen-bond acceptors (Lipinski definition) is 5. The van der Waals surface area contributed by atoms with Gasteiger partial charge in [-0.3, -0.25) is 4.79 Å². The molecule has 1 N–H and O–H groups in total. The lowest BCUT2D eigenvalue weighted by molar-refractivity contribution is 0.162. The van der Waals surface area contributed by atoms with Crippen LogP contribution in [0.3, 0.4) is 0 Å². The first kappa shape index (κ1) is 20.1. The highest BCUT2D eigenvalue weighted by Crippen LogP contribution is 2.27. The Morgan fingerprint density at radius 3 is 2.63 bits per heavy atom. The monoisotopic (exact) mass is 410 g/mol. The minimum atomic E-state index is -0.353. The van der Waals surface area contributed by atoms with Crippen molar-refractivity contribution in [3.63, 3.8) is 0 Å². The van der Waals surface area contributed by atoms with Crippen LogP contribution in [0.5, 0.6) is 0 Å². The first-order valence-corrected chi connectivity index (χ1v) is 9.78. The summed E-state index contributed by atoms with van der Waals surface area (Å²) in [5.41, 5.74) is 1.84. The van der Waals surface area contributed by atoms with Crippen molar-refractivity contribution in [1.29, 1.82) is 0 Å². The SMILES string of the molecule is Cc1ccc(-n2ncc(N3CCC(N(C)CCO)CC3)c(Cl)c2=O)cc1Cl. The van der Waals surface area contributed by atoms with Crippen LogP contribution in [-0.2, 0) is 0 Å². The third kappa shape index (κ3) is 4.29. The second-order valence-corrected chi connectivity index (χ2v) is 7.70. The molecule has 1 saturated heterocycles. The molecule has 2 heterocycles. The van der Waals surface area contributed by atoms with Crippen LogP contribution in [0.15, 0.2) is 29.2 Å². The van der Waals surface area contributed by atoms with Crippen LogP contribution >= 0.6 is 23.2 Å². The van der Waals surface area contributed by atoms with Crippen molar-refractivity contribution in [1.82, 2.24) is 14.7 Å². The molecular weight excluding hydrogens is 387 g/mol. The Morgan fingerprint density at radius 1 is 1.30 bits per heavy atom. The van der Waals surface area contributed by atoms with E-state index in [9.17, 15) is 4.79 Å². The molecule has 1 aromatic heterocycles. The molecule has 0 radical (unpaired) electrons. The fourth-order valence-electron chi connectivity index (χ4n) is 3.43. The van der Waals surface area contributed by atoms with Gasteiger partial charge in [-0.2, -0.15) is 9.78 Å². The molecule has 0 saturated carbocycles. The second-order valence-electron chi connectivity index (χ2n) is 6.92. The number of aryl methyl sites for hydroxylation is 1. The molecule has 0 aliphatic carbocycles. The molecule has 1 aromatic carbocycles. The lowest BCUT2D eigenvalue weighted by Gasteiger charge is -2.37. The van der Waals surface area contributed by atoms with Crippen molar-refractivity contribution < 1.29 is 5.11 Å². The largest absolute Gasteiger partial charge is 0.395 e. The molecule has 6 nitrogen and oxygen atoms in total. The Kier molecular flexibility index (Phi) is 6.42. The van der Waals surface area contributed by atoms with E-state index in [1.165, 1.54) is 4.68 Å². The zero-order valence-electron chi connectivity index (χ0n) is 15.5. The highest BCUT2D eigenvalue weighted by atomic mass is 35.5. The van der Waals surface area contributed by atoms with Crippen LogP contribution in [0.25, 0.3) is 5.69 Å². The van der Waals surface area contributed by atoms with E-state index < -0.39 is 0 Å². The molecule has 0 unspecified atom stereocenters. The molecule has 2 aromatic rings. The average molecular weight is 411 g/mol. The quantitative estimate of drug-likeness (QED) is 0.820. The van der Waals surface area contributed by atoms with E-state index in [1.54, 1.807) is 18.3 Å². The third-order valence-corrected chi connectivity index (χ3v) is 5.94. The number of aliphatic hydroxyl groups excluding tert-OH is 1. The average Bonchev–Trinajstić information content (AvgIpc) is 2.67. The summed E-state index contributed by atoms with van der Waals surface area (Å²) in [4.78, 5) is 17.0. The van der Waals surface area contributed by atoms with Crippen LogP contribution < -0.4 is 10.5 Å². The molecule has 0 bridgehead atoms. The Bertz CT molecular complexity index is 863. The van der Waals surface area contributed by atoms with E-state index in [0.29, 0.717) is 29.0 Å². The first-order valence-electron chi connectivity index (χ1n) is 9.02.